The highest BCUT2D eigenvalue weighted by Crippen LogP contribution is 2.33. The van der Waals surface area contributed by atoms with E-state index in [9.17, 15) is 4.79 Å². The molecule has 1 N–H and O–H groups in total. The van der Waals surface area contributed by atoms with E-state index in [1.807, 2.05) is 21.5 Å². The van der Waals surface area contributed by atoms with E-state index in [4.69, 9.17) is 0 Å². The minimum atomic E-state index is 0.196. The van der Waals surface area contributed by atoms with E-state index in [0.717, 1.165) is 32.0 Å². The number of nitrogens with one attached hydrogen (secondary N) is 1. The molecule has 0 amide bonds. The van der Waals surface area contributed by atoms with Gasteiger partial charge in [0.1, 0.15) is 0 Å². The fourth-order valence-corrected chi connectivity index (χ4v) is 2.72. The van der Waals surface area contributed by atoms with Crippen molar-refractivity contribution in [3.63, 3.8) is 0 Å². The molecule has 3 rings (SSSR count). The van der Waals surface area contributed by atoms with E-state index in [0.29, 0.717) is 6.04 Å². The third kappa shape index (κ3) is 2.46. The van der Waals surface area contributed by atoms with Crippen LogP contribution in [0.4, 0.5) is 0 Å². The molecule has 0 spiro atoms. The number of nitrogens with zero attached hydrogens (tertiary/aromatic N) is 2. The Balaban J connectivity index is 1.59. The van der Waals surface area contributed by atoms with Crippen molar-refractivity contribution in [2.75, 3.05) is 13.1 Å². The second kappa shape index (κ2) is 4.69. The number of imidazole rings is 1. The first-order chi connectivity index (χ1) is 8.34. The number of piperidine rings is 1. The normalized spacial score (nSPS) is 21.9. The summed E-state index contributed by atoms with van der Waals surface area (Å²) in [4.78, 5) is 12.0. The highest BCUT2D eigenvalue weighted by Gasteiger charge is 2.25. The maximum Gasteiger partial charge on any atom is 0.328 e. The summed E-state index contributed by atoms with van der Waals surface area (Å²) >= 11 is 0. The van der Waals surface area contributed by atoms with Gasteiger partial charge in [0.2, 0.25) is 0 Å². The third-order valence-corrected chi connectivity index (χ3v) is 4.05. The van der Waals surface area contributed by atoms with E-state index in [1.165, 1.54) is 25.7 Å². The Hall–Kier alpha value is -1.03. The average molecular weight is 235 g/mol. The molecule has 0 bridgehead atoms. The zero-order valence-electron chi connectivity index (χ0n) is 10.3. The van der Waals surface area contributed by atoms with Gasteiger partial charge < -0.3 is 5.32 Å². The fourth-order valence-electron chi connectivity index (χ4n) is 2.72. The molecule has 4 nitrogen and oxygen atoms in total. The number of aromatic nitrogens is 2. The van der Waals surface area contributed by atoms with Gasteiger partial charge in [-0.25, -0.2) is 4.79 Å². The van der Waals surface area contributed by atoms with Crippen molar-refractivity contribution >= 4 is 0 Å². The lowest BCUT2D eigenvalue weighted by molar-refractivity contribution is 0.336. The lowest BCUT2D eigenvalue weighted by Gasteiger charge is -2.22. The zero-order chi connectivity index (χ0) is 11.7. The van der Waals surface area contributed by atoms with E-state index in [1.54, 1.807) is 0 Å². The smallest absolute Gasteiger partial charge is 0.317 e. The largest absolute Gasteiger partial charge is 0.328 e. The molecule has 1 aromatic heterocycles. The molecule has 0 radical (unpaired) electrons. The summed E-state index contributed by atoms with van der Waals surface area (Å²) in [6.45, 7) is 3.18. The van der Waals surface area contributed by atoms with Gasteiger partial charge in [-0.15, -0.1) is 0 Å². The molecule has 17 heavy (non-hydrogen) atoms. The molecule has 0 unspecified atom stereocenters. The Kier molecular flexibility index (Phi) is 3.05. The quantitative estimate of drug-likeness (QED) is 0.856. The Labute approximate surface area is 102 Å². The van der Waals surface area contributed by atoms with Crippen molar-refractivity contribution in [3.8, 4) is 0 Å². The first-order valence-corrected chi connectivity index (χ1v) is 6.82. The zero-order valence-corrected chi connectivity index (χ0v) is 10.3. The molecule has 1 aliphatic heterocycles. The highest BCUT2D eigenvalue weighted by atomic mass is 16.1. The Morgan fingerprint density at radius 2 is 1.94 bits per heavy atom. The topological polar surface area (TPSA) is 39.0 Å². The molecule has 1 saturated carbocycles. The van der Waals surface area contributed by atoms with Crippen LogP contribution in [-0.4, -0.2) is 22.2 Å². The third-order valence-electron chi connectivity index (χ3n) is 4.05. The van der Waals surface area contributed by atoms with Gasteiger partial charge in [0.25, 0.3) is 0 Å². The molecule has 94 valence electrons. The van der Waals surface area contributed by atoms with Crippen LogP contribution in [0.5, 0.6) is 0 Å². The van der Waals surface area contributed by atoms with Gasteiger partial charge in [0.15, 0.2) is 0 Å². The summed E-state index contributed by atoms with van der Waals surface area (Å²) in [5.41, 5.74) is 0.196. The van der Waals surface area contributed by atoms with Crippen LogP contribution in [0.1, 0.15) is 38.1 Å². The second-order valence-corrected chi connectivity index (χ2v) is 5.39. The Bertz CT molecular complexity index is 424. The van der Waals surface area contributed by atoms with Crippen molar-refractivity contribution in [2.24, 2.45) is 5.92 Å². The molecule has 1 saturated heterocycles. The second-order valence-electron chi connectivity index (χ2n) is 5.39. The summed E-state index contributed by atoms with van der Waals surface area (Å²) in [5, 5.41) is 3.38. The van der Waals surface area contributed by atoms with Crippen LogP contribution >= 0.6 is 0 Å². The van der Waals surface area contributed by atoms with Crippen LogP contribution in [0.3, 0.4) is 0 Å². The van der Waals surface area contributed by atoms with Gasteiger partial charge in [0.05, 0.1) is 0 Å². The summed E-state index contributed by atoms with van der Waals surface area (Å²) in [6, 6.07) is 0.502. The van der Waals surface area contributed by atoms with Crippen LogP contribution in [-0.2, 0) is 6.54 Å². The monoisotopic (exact) mass is 235 g/mol. The van der Waals surface area contributed by atoms with Gasteiger partial charge in [-0.2, -0.15) is 0 Å². The van der Waals surface area contributed by atoms with Crippen molar-refractivity contribution in [1.82, 2.24) is 14.5 Å². The van der Waals surface area contributed by atoms with Crippen molar-refractivity contribution in [2.45, 2.75) is 44.7 Å². The lowest BCUT2D eigenvalue weighted by atomic mass is 9.95. The van der Waals surface area contributed by atoms with E-state index in [-0.39, 0.29) is 5.69 Å². The molecule has 0 aromatic carbocycles. The van der Waals surface area contributed by atoms with Crippen molar-refractivity contribution in [1.29, 1.82) is 0 Å². The van der Waals surface area contributed by atoms with Gasteiger partial charge in [-0.1, -0.05) is 0 Å². The Morgan fingerprint density at radius 1 is 1.18 bits per heavy atom. The number of aryl methyl sites for hydroxylation is 1. The molecule has 1 aliphatic carbocycles. The first kappa shape index (κ1) is 11.1. The Morgan fingerprint density at radius 3 is 2.65 bits per heavy atom. The summed E-state index contributed by atoms with van der Waals surface area (Å²) < 4.78 is 3.79. The summed E-state index contributed by atoms with van der Waals surface area (Å²) in [7, 11) is 0. The molecular weight excluding hydrogens is 214 g/mol. The molecule has 2 heterocycles. The number of hydrogen-bond donors (Lipinski definition) is 1. The predicted octanol–water partition coefficient (Wildman–Crippen LogP) is 1.37. The number of hydrogen-bond acceptors (Lipinski definition) is 2. The van der Waals surface area contributed by atoms with Crippen LogP contribution < -0.4 is 11.0 Å². The molecule has 2 fully saturated rings. The van der Waals surface area contributed by atoms with Crippen LogP contribution in [0.2, 0.25) is 0 Å². The van der Waals surface area contributed by atoms with E-state index < -0.39 is 0 Å². The summed E-state index contributed by atoms with van der Waals surface area (Å²) in [5.74, 6) is 0.799. The van der Waals surface area contributed by atoms with Crippen LogP contribution in [0, 0.1) is 5.92 Å². The minimum Gasteiger partial charge on any atom is -0.317 e. The molecule has 0 atom stereocenters. The van der Waals surface area contributed by atoms with E-state index in [2.05, 4.69) is 5.32 Å². The predicted molar refractivity (Wildman–Crippen MR) is 67.2 cm³/mol. The van der Waals surface area contributed by atoms with Gasteiger partial charge >= 0.3 is 5.69 Å². The van der Waals surface area contributed by atoms with Gasteiger partial charge in [0, 0.05) is 25.0 Å². The SMILES string of the molecule is O=c1n(CCC2CCNCC2)ccn1C1CC1. The minimum absolute atomic E-state index is 0.196. The summed E-state index contributed by atoms with van der Waals surface area (Å²) in [6.07, 6.45) is 9.95. The van der Waals surface area contributed by atoms with Crippen LogP contribution in [0.25, 0.3) is 0 Å². The maximum absolute atomic E-state index is 12.0. The standard InChI is InChI=1S/C13H21N3O/c17-13-15(9-10-16(13)12-1-2-12)8-5-11-3-6-14-7-4-11/h9-12,14H,1-8H2. The fraction of sp³-hybridized carbons (Fsp3) is 0.769. The van der Waals surface area contributed by atoms with Crippen molar-refractivity contribution in [3.05, 3.63) is 22.9 Å². The van der Waals surface area contributed by atoms with Gasteiger partial charge in [-0.05, 0) is 51.1 Å². The van der Waals surface area contributed by atoms with E-state index >= 15 is 0 Å². The molecule has 2 aliphatic rings. The van der Waals surface area contributed by atoms with Gasteiger partial charge in [-0.3, -0.25) is 9.13 Å². The average Bonchev–Trinajstić information content (AvgIpc) is 3.13. The maximum atomic E-state index is 12.0. The number of rotatable bonds is 4. The molecule has 4 heteroatoms. The van der Waals surface area contributed by atoms with Crippen LogP contribution in [0.15, 0.2) is 17.2 Å². The molecule has 1 aromatic rings. The highest BCUT2D eigenvalue weighted by molar-refractivity contribution is 4.91. The first-order valence-electron chi connectivity index (χ1n) is 6.82. The molecular formula is C13H21N3O. The lowest BCUT2D eigenvalue weighted by Crippen LogP contribution is -2.29. The van der Waals surface area contributed by atoms with Crippen molar-refractivity contribution < 1.29 is 0 Å².